The lowest BCUT2D eigenvalue weighted by Crippen LogP contribution is -2.48. The molecule has 9 heteroatoms. The molecule has 0 unspecified atom stereocenters. The van der Waals surface area contributed by atoms with Gasteiger partial charge in [0, 0.05) is 6.54 Å². The van der Waals surface area contributed by atoms with E-state index in [1.807, 2.05) is 13.0 Å². The molecule has 1 aliphatic heterocycles. The number of hydrogen-bond donors (Lipinski definition) is 2. The number of carbonyl (C=O) groups is 4. The second-order valence-electron chi connectivity index (χ2n) is 7.69. The van der Waals surface area contributed by atoms with Crippen molar-refractivity contribution >= 4 is 29.5 Å². The summed E-state index contributed by atoms with van der Waals surface area (Å²) in [6, 6.07) is 4.85. The minimum atomic E-state index is -0.813. The van der Waals surface area contributed by atoms with Crippen LogP contribution in [0.25, 0.3) is 0 Å². The van der Waals surface area contributed by atoms with Crippen molar-refractivity contribution in [2.75, 3.05) is 25.6 Å². The van der Waals surface area contributed by atoms with Gasteiger partial charge in [0.15, 0.2) is 6.61 Å². The largest absolute Gasteiger partial charge is 0.495 e. The Morgan fingerprint density at radius 3 is 2.63 bits per heavy atom. The molecular formula is C21H27N3O6. The zero-order valence-electron chi connectivity index (χ0n) is 17.3. The molecule has 1 saturated heterocycles. The summed E-state index contributed by atoms with van der Waals surface area (Å²) in [7, 11) is 1.49. The standard InChI is InChI=1S/C21H27N3O6/c1-14-6-7-16(29-2)15(12-14)22-17(25)13-30-18(26)8-11-24-19(27)21(23-20(24)28)9-4-3-5-10-21/h6-7,12H,3-5,8-11,13H2,1-2H3,(H,22,25)(H,23,28). The molecule has 1 heterocycles. The molecule has 1 saturated carbocycles. The highest BCUT2D eigenvalue weighted by molar-refractivity contribution is 6.07. The summed E-state index contributed by atoms with van der Waals surface area (Å²) in [5, 5.41) is 5.43. The number of nitrogens with zero attached hydrogens (tertiary/aromatic N) is 1. The van der Waals surface area contributed by atoms with Crippen LogP contribution in [0, 0.1) is 6.92 Å². The average molecular weight is 417 g/mol. The number of carbonyl (C=O) groups excluding carboxylic acids is 4. The van der Waals surface area contributed by atoms with Crippen molar-refractivity contribution in [1.29, 1.82) is 0 Å². The molecule has 30 heavy (non-hydrogen) atoms. The molecule has 2 aliphatic rings. The summed E-state index contributed by atoms with van der Waals surface area (Å²) in [6.07, 6.45) is 3.91. The summed E-state index contributed by atoms with van der Waals surface area (Å²) >= 11 is 0. The number of nitrogens with one attached hydrogen (secondary N) is 2. The molecule has 1 spiro atoms. The van der Waals surface area contributed by atoms with Crippen molar-refractivity contribution in [3.05, 3.63) is 23.8 Å². The summed E-state index contributed by atoms with van der Waals surface area (Å²) in [5.74, 6) is -0.949. The first kappa shape index (κ1) is 21.6. The van der Waals surface area contributed by atoms with Crippen LogP contribution in [0.5, 0.6) is 5.75 Å². The fourth-order valence-corrected chi connectivity index (χ4v) is 3.90. The Morgan fingerprint density at radius 1 is 1.20 bits per heavy atom. The second-order valence-corrected chi connectivity index (χ2v) is 7.69. The highest BCUT2D eigenvalue weighted by Crippen LogP contribution is 2.33. The highest BCUT2D eigenvalue weighted by atomic mass is 16.5. The lowest BCUT2D eigenvalue weighted by atomic mass is 9.82. The molecule has 4 amide bonds. The number of rotatable bonds is 7. The summed E-state index contributed by atoms with van der Waals surface area (Å²) in [6.45, 7) is 1.33. The number of esters is 1. The van der Waals surface area contributed by atoms with Crippen LogP contribution in [-0.2, 0) is 19.1 Å². The molecule has 0 bridgehead atoms. The first-order chi connectivity index (χ1) is 14.3. The van der Waals surface area contributed by atoms with Crippen molar-refractivity contribution < 1.29 is 28.7 Å². The molecule has 162 valence electrons. The zero-order chi connectivity index (χ0) is 21.7. The van der Waals surface area contributed by atoms with Crippen LogP contribution in [0.2, 0.25) is 0 Å². The quantitative estimate of drug-likeness (QED) is 0.519. The van der Waals surface area contributed by atoms with Gasteiger partial charge in [-0.1, -0.05) is 25.3 Å². The molecule has 2 N–H and O–H groups in total. The summed E-state index contributed by atoms with van der Waals surface area (Å²) < 4.78 is 10.2. The van der Waals surface area contributed by atoms with Gasteiger partial charge in [0.2, 0.25) is 0 Å². The SMILES string of the molecule is COc1ccc(C)cc1NC(=O)COC(=O)CCN1C(=O)NC2(CCCCC2)C1=O. The summed E-state index contributed by atoms with van der Waals surface area (Å²) in [5.41, 5.74) is 0.606. The fourth-order valence-electron chi connectivity index (χ4n) is 3.90. The minimum Gasteiger partial charge on any atom is -0.495 e. The number of methoxy groups -OCH3 is 1. The molecule has 1 aromatic carbocycles. The number of urea groups is 1. The third-order valence-electron chi connectivity index (χ3n) is 5.49. The van der Waals surface area contributed by atoms with Crippen LogP contribution >= 0.6 is 0 Å². The van der Waals surface area contributed by atoms with Gasteiger partial charge in [0.05, 0.1) is 19.2 Å². The molecule has 1 aliphatic carbocycles. The predicted molar refractivity (Wildman–Crippen MR) is 108 cm³/mol. The van der Waals surface area contributed by atoms with Crippen LogP contribution < -0.4 is 15.4 Å². The van der Waals surface area contributed by atoms with E-state index in [1.54, 1.807) is 12.1 Å². The maximum Gasteiger partial charge on any atom is 0.325 e. The third-order valence-corrected chi connectivity index (χ3v) is 5.49. The number of anilines is 1. The number of benzene rings is 1. The lowest BCUT2D eigenvalue weighted by molar-refractivity contribution is -0.147. The van der Waals surface area contributed by atoms with Crippen LogP contribution in [0.3, 0.4) is 0 Å². The molecule has 0 radical (unpaired) electrons. The molecule has 0 atom stereocenters. The van der Waals surface area contributed by atoms with Crippen molar-refractivity contribution in [2.24, 2.45) is 0 Å². The monoisotopic (exact) mass is 417 g/mol. The van der Waals surface area contributed by atoms with Crippen molar-refractivity contribution in [1.82, 2.24) is 10.2 Å². The van der Waals surface area contributed by atoms with E-state index in [0.29, 0.717) is 24.3 Å². The predicted octanol–water partition coefficient (Wildman–Crippen LogP) is 2.13. The van der Waals surface area contributed by atoms with Gasteiger partial charge in [-0.25, -0.2) is 4.79 Å². The van der Waals surface area contributed by atoms with E-state index in [9.17, 15) is 19.2 Å². The second kappa shape index (κ2) is 9.15. The Kier molecular flexibility index (Phi) is 6.59. The van der Waals surface area contributed by atoms with Gasteiger partial charge in [-0.15, -0.1) is 0 Å². The molecule has 3 rings (SSSR count). The number of hydrogen-bond acceptors (Lipinski definition) is 6. The fraction of sp³-hybridized carbons (Fsp3) is 0.524. The normalized spacial score (nSPS) is 17.6. The van der Waals surface area contributed by atoms with Gasteiger partial charge in [0.1, 0.15) is 11.3 Å². The van der Waals surface area contributed by atoms with Crippen LogP contribution in [0.1, 0.15) is 44.1 Å². The van der Waals surface area contributed by atoms with Crippen LogP contribution in [-0.4, -0.2) is 54.5 Å². The molecule has 0 aromatic heterocycles. The van der Waals surface area contributed by atoms with Crippen LogP contribution in [0.4, 0.5) is 10.5 Å². The first-order valence-electron chi connectivity index (χ1n) is 10.1. The van der Waals surface area contributed by atoms with E-state index in [1.165, 1.54) is 7.11 Å². The molecule has 1 aromatic rings. The smallest absolute Gasteiger partial charge is 0.325 e. The number of amides is 4. The highest BCUT2D eigenvalue weighted by Gasteiger charge is 2.51. The minimum absolute atomic E-state index is 0.0709. The topological polar surface area (TPSA) is 114 Å². The Balaban J connectivity index is 1.46. The van der Waals surface area contributed by atoms with Crippen LogP contribution in [0.15, 0.2) is 18.2 Å². The van der Waals surface area contributed by atoms with E-state index in [-0.39, 0.29) is 18.9 Å². The first-order valence-corrected chi connectivity index (χ1v) is 10.1. The van der Waals surface area contributed by atoms with Gasteiger partial charge in [-0.05, 0) is 37.5 Å². The van der Waals surface area contributed by atoms with E-state index in [4.69, 9.17) is 9.47 Å². The maximum absolute atomic E-state index is 12.7. The van der Waals surface area contributed by atoms with Crippen molar-refractivity contribution in [3.8, 4) is 5.75 Å². The van der Waals surface area contributed by atoms with E-state index in [2.05, 4.69) is 10.6 Å². The van der Waals surface area contributed by atoms with Crippen molar-refractivity contribution in [3.63, 3.8) is 0 Å². The third kappa shape index (κ3) is 4.72. The van der Waals surface area contributed by atoms with E-state index < -0.39 is 30.1 Å². The zero-order valence-corrected chi connectivity index (χ0v) is 17.3. The van der Waals surface area contributed by atoms with E-state index in [0.717, 1.165) is 29.7 Å². The van der Waals surface area contributed by atoms with Gasteiger partial charge in [0.25, 0.3) is 11.8 Å². The van der Waals surface area contributed by atoms with Gasteiger partial charge in [-0.2, -0.15) is 0 Å². The van der Waals surface area contributed by atoms with E-state index >= 15 is 0 Å². The Bertz CT molecular complexity index is 847. The maximum atomic E-state index is 12.7. The van der Waals surface area contributed by atoms with Gasteiger partial charge < -0.3 is 20.1 Å². The molecule has 9 nitrogen and oxygen atoms in total. The Hall–Kier alpha value is -3.10. The molecular weight excluding hydrogens is 390 g/mol. The lowest BCUT2D eigenvalue weighted by Gasteiger charge is -2.30. The van der Waals surface area contributed by atoms with Gasteiger partial charge >= 0.3 is 12.0 Å². The number of aryl methyl sites for hydroxylation is 1. The number of imide groups is 1. The Morgan fingerprint density at radius 2 is 1.93 bits per heavy atom. The average Bonchev–Trinajstić information content (AvgIpc) is 2.94. The number of ether oxygens (including phenoxy) is 2. The molecule has 2 fully saturated rings. The summed E-state index contributed by atoms with van der Waals surface area (Å²) in [4.78, 5) is 50.1. The van der Waals surface area contributed by atoms with Gasteiger partial charge in [-0.3, -0.25) is 19.3 Å². The Labute approximate surface area is 175 Å². The van der Waals surface area contributed by atoms with Crippen molar-refractivity contribution in [2.45, 2.75) is 51.0 Å².